The molecule has 0 saturated heterocycles. The predicted octanol–water partition coefficient (Wildman–Crippen LogP) is 3.40. The number of aromatic hydroxyl groups is 1. The summed E-state index contributed by atoms with van der Waals surface area (Å²) < 4.78 is 3.98. The van der Waals surface area contributed by atoms with Gasteiger partial charge >= 0.3 is 0 Å². The molecule has 0 aromatic carbocycles. The summed E-state index contributed by atoms with van der Waals surface area (Å²) in [4.78, 5) is 24.2. The molecule has 5 rings (SSSR count). The van der Waals surface area contributed by atoms with Crippen LogP contribution in [0.5, 0.6) is 5.88 Å². The van der Waals surface area contributed by atoms with E-state index in [2.05, 4.69) is 25.0 Å². The van der Waals surface area contributed by atoms with Crippen LogP contribution in [0.25, 0.3) is 0 Å². The van der Waals surface area contributed by atoms with Crippen molar-refractivity contribution in [1.29, 1.82) is 5.41 Å². The van der Waals surface area contributed by atoms with Crippen LogP contribution in [0, 0.1) is 5.41 Å². The van der Waals surface area contributed by atoms with E-state index >= 15 is 0 Å². The van der Waals surface area contributed by atoms with E-state index in [-0.39, 0.29) is 23.7 Å². The zero-order chi connectivity index (χ0) is 23.1. The minimum Gasteiger partial charge on any atom is -0.492 e. The van der Waals surface area contributed by atoms with Gasteiger partial charge in [-0.2, -0.15) is 4.37 Å². The van der Waals surface area contributed by atoms with Crippen molar-refractivity contribution in [1.82, 2.24) is 19.7 Å². The number of nitrogens with one attached hydrogen (secondary N) is 3. The average Bonchev–Trinajstić information content (AvgIpc) is 3.50. The highest BCUT2D eigenvalue weighted by atomic mass is 32.1. The lowest BCUT2D eigenvalue weighted by Gasteiger charge is -2.20. The third-order valence-corrected chi connectivity index (χ3v) is 6.63. The quantitative estimate of drug-likeness (QED) is 0.337. The van der Waals surface area contributed by atoms with Gasteiger partial charge in [0, 0.05) is 37.1 Å². The van der Waals surface area contributed by atoms with Crippen LogP contribution in [0.1, 0.15) is 53.1 Å². The molecule has 2 aliphatic rings. The summed E-state index contributed by atoms with van der Waals surface area (Å²) in [6.45, 7) is 4.43. The Morgan fingerprint density at radius 3 is 2.94 bits per heavy atom. The first-order valence-corrected chi connectivity index (χ1v) is 11.8. The Morgan fingerprint density at radius 2 is 2.12 bits per heavy atom. The van der Waals surface area contributed by atoms with Gasteiger partial charge in [-0.05, 0) is 67.9 Å². The van der Waals surface area contributed by atoms with Gasteiger partial charge < -0.3 is 20.6 Å². The number of hydrogen-bond donors (Lipinski definition) is 4. The highest BCUT2D eigenvalue weighted by Gasteiger charge is 2.32. The normalized spacial score (nSPS) is 14.3. The molecule has 4 N–H and O–H groups in total. The number of carbonyl (C=O) groups is 1. The summed E-state index contributed by atoms with van der Waals surface area (Å²) in [6.07, 6.45) is 7.38. The molecule has 0 spiro atoms. The highest BCUT2D eigenvalue weighted by molar-refractivity contribution is 7.11. The SMILES string of the molecule is CC(C)NC(=N)c1c(O)nsc1Nc1ccnc(C(=O)N2CCc3ncc4c(c32)CCC4)c1. The second kappa shape index (κ2) is 8.43. The third kappa shape index (κ3) is 3.91. The molecule has 0 fully saturated rings. The third-order valence-electron chi connectivity index (χ3n) is 5.88. The fourth-order valence-corrected chi connectivity index (χ4v) is 5.17. The molecule has 3 aromatic rings. The van der Waals surface area contributed by atoms with E-state index in [4.69, 9.17) is 5.41 Å². The number of pyridine rings is 2. The molecule has 0 bridgehead atoms. The van der Waals surface area contributed by atoms with E-state index in [0.29, 0.717) is 28.5 Å². The summed E-state index contributed by atoms with van der Waals surface area (Å²) in [6, 6.07) is 3.47. The molecular weight excluding hydrogens is 438 g/mol. The number of hydrogen-bond acceptors (Lipinski definition) is 8. The first-order chi connectivity index (χ1) is 15.9. The average molecular weight is 464 g/mol. The smallest absolute Gasteiger partial charge is 0.277 e. The number of amides is 1. The number of carbonyl (C=O) groups excluding carboxylic acids is 1. The number of aromatic nitrogens is 3. The molecule has 0 radical (unpaired) electrons. The van der Waals surface area contributed by atoms with E-state index in [0.717, 1.165) is 48.6 Å². The van der Waals surface area contributed by atoms with E-state index < -0.39 is 0 Å². The molecule has 10 heteroatoms. The fourth-order valence-electron chi connectivity index (χ4n) is 4.45. The summed E-state index contributed by atoms with van der Waals surface area (Å²) in [5.74, 6) is -0.277. The lowest BCUT2D eigenvalue weighted by molar-refractivity contribution is 0.0984. The molecule has 0 unspecified atom stereocenters. The molecule has 4 heterocycles. The predicted molar refractivity (Wildman–Crippen MR) is 128 cm³/mol. The van der Waals surface area contributed by atoms with Crippen molar-refractivity contribution in [3.63, 3.8) is 0 Å². The van der Waals surface area contributed by atoms with Crippen molar-refractivity contribution in [2.24, 2.45) is 0 Å². The minimum atomic E-state index is -0.207. The van der Waals surface area contributed by atoms with E-state index in [1.165, 1.54) is 11.1 Å². The van der Waals surface area contributed by atoms with Gasteiger partial charge in [-0.25, -0.2) is 0 Å². The molecular formula is C23H25N7O2S. The Bertz CT molecular complexity index is 1250. The monoisotopic (exact) mass is 463 g/mol. The fraction of sp³-hybridized carbons (Fsp3) is 0.348. The van der Waals surface area contributed by atoms with Gasteiger partial charge in [0.15, 0.2) is 0 Å². The molecule has 170 valence electrons. The minimum absolute atomic E-state index is 0.0362. The van der Waals surface area contributed by atoms with Crippen molar-refractivity contribution >= 4 is 39.7 Å². The summed E-state index contributed by atoms with van der Waals surface area (Å²) in [5.41, 5.74) is 5.71. The molecule has 1 amide bonds. The number of rotatable bonds is 5. The van der Waals surface area contributed by atoms with Crippen molar-refractivity contribution in [2.75, 3.05) is 16.8 Å². The Balaban J connectivity index is 1.41. The largest absolute Gasteiger partial charge is 0.492 e. The molecule has 0 saturated carbocycles. The Hall–Kier alpha value is -3.53. The number of nitrogens with zero attached hydrogens (tertiary/aromatic N) is 4. The summed E-state index contributed by atoms with van der Waals surface area (Å²) >= 11 is 1.05. The van der Waals surface area contributed by atoms with Crippen LogP contribution in [0.4, 0.5) is 16.4 Å². The first kappa shape index (κ1) is 21.3. The summed E-state index contributed by atoms with van der Waals surface area (Å²) in [5, 5.41) is 25.1. The van der Waals surface area contributed by atoms with E-state index in [1.54, 1.807) is 18.3 Å². The van der Waals surface area contributed by atoms with Crippen molar-refractivity contribution in [3.8, 4) is 5.88 Å². The van der Waals surface area contributed by atoms with Gasteiger partial charge in [0.05, 0.1) is 11.4 Å². The van der Waals surface area contributed by atoms with Gasteiger partial charge in [-0.3, -0.25) is 20.2 Å². The second-order valence-corrected chi connectivity index (χ2v) is 9.33. The van der Waals surface area contributed by atoms with Crippen LogP contribution in [0.15, 0.2) is 24.5 Å². The Morgan fingerprint density at radius 1 is 1.27 bits per heavy atom. The maximum atomic E-state index is 13.4. The van der Waals surface area contributed by atoms with Crippen LogP contribution in [0.3, 0.4) is 0 Å². The van der Waals surface area contributed by atoms with Crippen LogP contribution >= 0.6 is 11.5 Å². The van der Waals surface area contributed by atoms with Gasteiger partial charge in [0.2, 0.25) is 5.88 Å². The lowest BCUT2D eigenvalue weighted by Crippen LogP contribution is -2.30. The van der Waals surface area contributed by atoms with Gasteiger partial charge in [0.1, 0.15) is 22.1 Å². The lowest BCUT2D eigenvalue weighted by atomic mass is 10.1. The molecule has 1 aliphatic carbocycles. The van der Waals surface area contributed by atoms with Crippen LogP contribution in [0.2, 0.25) is 0 Å². The maximum Gasteiger partial charge on any atom is 0.277 e. The van der Waals surface area contributed by atoms with Gasteiger partial charge in [-0.1, -0.05) is 0 Å². The van der Waals surface area contributed by atoms with Crippen LogP contribution in [-0.4, -0.2) is 43.8 Å². The molecule has 9 nitrogen and oxygen atoms in total. The zero-order valence-electron chi connectivity index (χ0n) is 18.5. The highest BCUT2D eigenvalue weighted by Crippen LogP contribution is 2.38. The van der Waals surface area contributed by atoms with Crippen molar-refractivity contribution in [3.05, 3.63) is 52.6 Å². The standard InChI is InChI=1S/C23H25N7O2S/c1-12(2)27-20(24)18-21(31)29-33-22(18)28-14-6-8-25-17(10-14)23(32)30-9-7-16-19(30)15-5-3-4-13(15)11-26-16/h6,8,10-12H,3-5,7,9H2,1-2H3,(H2,24,27)(H,25,28)(H,29,31). The number of fused-ring (bicyclic) bond motifs is 3. The number of anilines is 3. The topological polar surface area (TPSA) is 127 Å². The van der Waals surface area contributed by atoms with E-state index in [1.807, 2.05) is 24.9 Å². The van der Waals surface area contributed by atoms with Crippen molar-refractivity contribution < 1.29 is 9.90 Å². The number of aryl methyl sites for hydroxylation is 1. The molecule has 1 aliphatic heterocycles. The molecule has 33 heavy (non-hydrogen) atoms. The Kier molecular flexibility index (Phi) is 5.45. The maximum absolute atomic E-state index is 13.4. The van der Waals surface area contributed by atoms with Crippen molar-refractivity contribution in [2.45, 2.75) is 45.6 Å². The first-order valence-electron chi connectivity index (χ1n) is 11.0. The Labute approximate surface area is 195 Å². The molecule has 0 atom stereocenters. The summed E-state index contributed by atoms with van der Waals surface area (Å²) in [7, 11) is 0. The van der Waals surface area contributed by atoms with Crippen LogP contribution in [-0.2, 0) is 19.3 Å². The van der Waals surface area contributed by atoms with Gasteiger partial charge in [0.25, 0.3) is 5.91 Å². The van der Waals surface area contributed by atoms with E-state index in [9.17, 15) is 9.90 Å². The zero-order valence-corrected chi connectivity index (χ0v) is 19.3. The number of amidine groups is 1. The molecule has 3 aromatic heterocycles. The second-order valence-electron chi connectivity index (χ2n) is 8.56. The van der Waals surface area contributed by atoms with Gasteiger partial charge in [-0.15, -0.1) is 0 Å². The van der Waals surface area contributed by atoms with Crippen LogP contribution < -0.4 is 15.5 Å².